The van der Waals surface area contributed by atoms with Crippen molar-refractivity contribution in [3.8, 4) is 0 Å². The Morgan fingerprint density at radius 3 is 1.39 bits per heavy atom. The minimum atomic E-state index is -0.246. The van der Waals surface area contributed by atoms with Crippen molar-refractivity contribution in [1.82, 2.24) is 0 Å². The summed E-state index contributed by atoms with van der Waals surface area (Å²) < 4.78 is 12.5. The number of hydrogen-bond donors (Lipinski definition) is 0. The molecule has 31 heavy (non-hydrogen) atoms. The van der Waals surface area contributed by atoms with Crippen molar-refractivity contribution in [3.63, 3.8) is 0 Å². The van der Waals surface area contributed by atoms with Gasteiger partial charge >= 0.3 is 0 Å². The Kier molecular flexibility index (Phi) is 8.91. The number of alkyl halides is 1. The fourth-order valence-corrected chi connectivity index (χ4v) is 7.46. The van der Waals surface area contributed by atoms with E-state index >= 15 is 0 Å². The van der Waals surface area contributed by atoms with Crippen LogP contribution in [0, 0.1) is 35.5 Å². The van der Waals surface area contributed by atoms with Gasteiger partial charge in [-0.25, -0.2) is 0 Å². The summed E-state index contributed by atoms with van der Waals surface area (Å²) in [6.45, 7) is 2.14. The van der Waals surface area contributed by atoms with Crippen molar-refractivity contribution in [1.29, 1.82) is 0 Å². The van der Waals surface area contributed by atoms with Gasteiger partial charge < -0.3 is 0 Å². The van der Waals surface area contributed by atoms with Gasteiger partial charge in [-0.3, -0.25) is 4.39 Å². The fourth-order valence-electron chi connectivity index (χ4n) is 7.46. The fraction of sp³-hybridized carbons (Fsp3) is 0.800. The Labute approximate surface area is 191 Å². The molecule has 4 rings (SSSR count). The third-order valence-electron chi connectivity index (χ3n) is 9.76. The molecule has 0 saturated heterocycles. The molecule has 0 bridgehead atoms. The first-order valence-corrected chi connectivity index (χ1v) is 13.9. The standard InChI is InChI=1S/C30H47F/c1-2-23-9-13-27(14-10-23)29-17-19-30(20-18-29)28-15-11-25(12-16-28)4-3-24-5-7-26(8-6-24)21-22-31/h5-8,23,25,27-30H,2-4,9-22H2,1H3/t23-,25-,27-,28-,29-,30-. The van der Waals surface area contributed by atoms with Crippen LogP contribution in [0.1, 0.15) is 108 Å². The lowest BCUT2D eigenvalue weighted by Gasteiger charge is -2.41. The van der Waals surface area contributed by atoms with E-state index in [1.807, 2.05) is 0 Å². The predicted molar refractivity (Wildman–Crippen MR) is 131 cm³/mol. The molecule has 0 N–H and O–H groups in total. The first-order valence-electron chi connectivity index (χ1n) is 13.9. The van der Waals surface area contributed by atoms with E-state index in [-0.39, 0.29) is 6.67 Å². The Morgan fingerprint density at radius 1 is 0.581 bits per heavy atom. The zero-order valence-corrected chi connectivity index (χ0v) is 20.2. The number of aryl methyl sites for hydroxylation is 2. The quantitative estimate of drug-likeness (QED) is 0.389. The minimum Gasteiger partial charge on any atom is -0.251 e. The Morgan fingerprint density at radius 2 is 0.968 bits per heavy atom. The van der Waals surface area contributed by atoms with E-state index in [0.29, 0.717) is 6.42 Å². The third kappa shape index (κ3) is 6.58. The Bertz CT molecular complexity index is 610. The molecular weight excluding hydrogens is 379 g/mol. The lowest BCUT2D eigenvalue weighted by Crippen LogP contribution is -2.29. The summed E-state index contributed by atoms with van der Waals surface area (Å²) in [5.41, 5.74) is 2.58. The van der Waals surface area contributed by atoms with Gasteiger partial charge in [0.25, 0.3) is 0 Å². The van der Waals surface area contributed by atoms with Crippen LogP contribution < -0.4 is 0 Å². The minimum absolute atomic E-state index is 0.246. The van der Waals surface area contributed by atoms with Crippen molar-refractivity contribution in [3.05, 3.63) is 35.4 Å². The van der Waals surface area contributed by atoms with Crippen LogP contribution in [-0.2, 0) is 12.8 Å². The van der Waals surface area contributed by atoms with Gasteiger partial charge in [0.1, 0.15) is 0 Å². The van der Waals surface area contributed by atoms with Crippen LogP contribution in [0.25, 0.3) is 0 Å². The zero-order valence-electron chi connectivity index (χ0n) is 20.2. The van der Waals surface area contributed by atoms with Crippen LogP contribution in [0.2, 0.25) is 0 Å². The van der Waals surface area contributed by atoms with Crippen LogP contribution in [0.15, 0.2) is 24.3 Å². The molecule has 174 valence electrons. The van der Waals surface area contributed by atoms with E-state index in [1.54, 1.807) is 25.7 Å². The van der Waals surface area contributed by atoms with Crippen molar-refractivity contribution in [2.45, 2.75) is 110 Å². The highest BCUT2D eigenvalue weighted by atomic mass is 19.1. The van der Waals surface area contributed by atoms with Gasteiger partial charge in [-0.1, -0.05) is 63.3 Å². The maximum atomic E-state index is 12.5. The van der Waals surface area contributed by atoms with Crippen molar-refractivity contribution < 1.29 is 4.39 Å². The highest BCUT2D eigenvalue weighted by Gasteiger charge is 2.34. The topological polar surface area (TPSA) is 0 Å². The first-order chi connectivity index (χ1) is 15.2. The highest BCUT2D eigenvalue weighted by Crippen LogP contribution is 2.46. The van der Waals surface area contributed by atoms with E-state index in [2.05, 4.69) is 31.2 Å². The molecule has 1 heteroatoms. The normalized spacial score (nSPS) is 34.5. The summed E-state index contributed by atoms with van der Waals surface area (Å²) in [6, 6.07) is 8.70. The van der Waals surface area contributed by atoms with Crippen LogP contribution in [0.4, 0.5) is 4.39 Å². The molecule has 0 radical (unpaired) electrons. The summed E-state index contributed by atoms with van der Waals surface area (Å²) >= 11 is 0. The summed E-state index contributed by atoms with van der Waals surface area (Å²) in [5.74, 6) is 6.21. The third-order valence-corrected chi connectivity index (χ3v) is 9.76. The molecule has 0 amide bonds. The maximum Gasteiger partial charge on any atom is 0.0934 e. The van der Waals surface area contributed by atoms with E-state index in [9.17, 15) is 4.39 Å². The maximum absolute atomic E-state index is 12.5. The SMILES string of the molecule is CC[C@H]1CC[C@H]([C@H]2CC[C@H]([C@H]3CC[C@H](CCc4ccc(CCF)cc4)CC3)CC2)CC1. The molecule has 0 aliphatic heterocycles. The number of benzene rings is 1. The van der Waals surface area contributed by atoms with E-state index in [0.717, 1.165) is 41.1 Å². The molecule has 0 spiro atoms. The lowest BCUT2D eigenvalue weighted by atomic mass is 9.64. The second-order valence-corrected chi connectivity index (χ2v) is 11.4. The first kappa shape index (κ1) is 23.3. The molecule has 0 heterocycles. The number of hydrogen-bond acceptors (Lipinski definition) is 0. The monoisotopic (exact) mass is 426 g/mol. The van der Waals surface area contributed by atoms with E-state index in [1.165, 1.54) is 76.2 Å². The smallest absolute Gasteiger partial charge is 0.0934 e. The molecule has 3 aliphatic carbocycles. The highest BCUT2D eigenvalue weighted by molar-refractivity contribution is 5.22. The molecular formula is C30H47F. The van der Waals surface area contributed by atoms with Gasteiger partial charge in [-0.2, -0.15) is 0 Å². The molecule has 0 unspecified atom stereocenters. The summed E-state index contributed by atoms with van der Waals surface area (Å²) in [6.07, 6.45) is 22.7. The summed E-state index contributed by atoms with van der Waals surface area (Å²) in [5, 5.41) is 0. The second-order valence-electron chi connectivity index (χ2n) is 11.4. The van der Waals surface area contributed by atoms with E-state index in [4.69, 9.17) is 0 Å². The van der Waals surface area contributed by atoms with Gasteiger partial charge in [0.15, 0.2) is 0 Å². The molecule has 3 fully saturated rings. The number of rotatable bonds is 8. The summed E-state index contributed by atoms with van der Waals surface area (Å²) in [4.78, 5) is 0. The number of halogens is 1. The Balaban J connectivity index is 1.13. The summed E-state index contributed by atoms with van der Waals surface area (Å²) in [7, 11) is 0. The van der Waals surface area contributed by atoms with Crippen molar-refractivity contribution >= 4 is 0 Å². The van der Waals surface area contributed by atoms with Gasteiger partial charge in [0.2, 0.25) is 0 Å². The molecule has 0 nitrogen and oxygen atoms in total. The van der Waals surface area contributed by atoms with Gasteiger partial charge in [-0.15, -0.1) is 0 Å². The van der Waals surface area contributed by atoms with E-state index < -0.39 is 0 Å². The second kappa shape index (κ2) is 11.9. The molecule has 1 aromatic rings. The van der Waals surface area contributed by atoms with Gasteiger partial charge in [-0.05, 0) is 111 Å². The van der Waals surface area contributed by atoms with Crippen molar-refractivity contribution in [2.24, 2.45) is 35.5 Å². The Hall–Kier alpha value is -0.850. The molecule has 3 aliphatic rings. The molecule has 0 aromatic heterocycles. The molecule has 0 atom stereocenters. The van der Waals surface area contributed by atoms with Crippen LogP contribution in [0.3, 0.4) is 0 Å². The zero-order chi connectivity index (χ0) is 21.5. The van der Waals surface area contributed by atoms with Gasteiger partial charge in [0, 0.05) is 6.42 Å². The predicted octanol–water partition coefficient (Wildman–Crippen LogP) is 8.96. The van der Waals surface area contributed by atoms with Gasteiger partial charge in [0.05, 0.1) is 6.67 Å². The molecule has 1 aromatic carbocycles. The van der Waals surface area contributed by atoms with Crippen LogP contribution in [-0.4, -0.2) is 6.67 Å². The van der Waals surface area contributed by atoms with Crippen LogP contribution in [0.5, 0.6) is 0 Å². The lowest BCUT2D eigenvalue weighted by molar-refractivity contribution is 0.103. The average molecular weight is 427 g/mol. The largest absolute Gasteiger partial charge is 0.251 e. The van der Waals surface area contributed by atoms with Crippen molar-refractivity contribution in [2.75, 3.05) is 6.67 Å². The van der Waals surface area contributed by atoms with Crippen LogP contribution >= 0.6 is 0 Å². The average Bonchev–Trinajstić information content (AvgIpc) is 2.84. The molecule has 3 saturated carbocycles.